The van der Waals surface area contributed by atoms with E-state index in [4.69, 9.17) is 0 Å². The van der Waals surface area contributed by atoms with Crippen molar-refractivity contribution in [1.82, 2.24) is 14.5 Å². The Kier molecular flexibility index (Phi) is 8.20. The normalized spacial score (nSPS) is 15.5. The predicted octanol–water partition coefficient (Wildman–Crippen LogP) is 2.43. The van der Waals surface area contributed by atoms with Gasteiger partial charge in [0.15, 0.2) is 0 Å². The molecule has 7 nitrogen and oxygen atoms in total. The van der Waals surface area contributed by atoms with Crippen molar-refractivity contribution in [3.8, 4) is 0 Å². The molecule has 0 saturated carbocycles. The van der Waals surface area contributed by atoms with Crippen LogP contribution in [0.1, 0.15) is 25.8 Å². The number of carbonyl (C=O) groups is 2. The molecule has 0 aliphatic carbocycles. The summed E-state index contributed by atoms with van der Waals surface area (Å²) in [5.41, 5.74) is 0.776. The Morgan fingerprint density at radius 1 is 0.939 bits per heavy atom. The van der Waals surface area contributed by atoms with E-state index in [2.05, 4.69) is 4.72 Å². The monoisotopic (exact) mass is 475 g/mol. The number of hydrogen-bond acceptors (Lipinski definition) is 4. The molecule has 1 heterocycles. The minimum atomic E-state index is -4.27. The first-order valence-electron chi connectivity index (χ1n) is 11.0. The number of piperazine rings is 1. The van der Waals surface area contributed by atoms with E-state index in [1.165, 1.54) is 18.2 Å². The number of sulfonamides is 1. The number of hydrogen-bond donors (Lipinski definition) is 1. The summed E-state index contributed by atoms with van der Waals surface area (Å²) >= 11 is 0. The van der Waals surface area contributed by atoms with Crippen LogP contribution in [-0.4, -0.2) is 62.3 Å². The van der Waals surface area contributed by atoms with Gasteiger partial charge in [-0.25, -0.2) is 12.8 Å². The largest absolute Gasteiger partial charge is 0.339 e. The Bertz CT molecular complexity index is 1070. The van der Waals surface area contributed by atoms with Gasteiger partial charge in [0.2, 0.25) is 21.8 Å². The first-order chi connectivity index (χ1) is 15.7. The fourth-order valence-corrected chi connectivity index (χ4v) is 5.09. The van der Waals surface area contributed by atoms with Gasteiger partial charge < -0.3 is 9.80 Å². The minimum absolute atomic E-state index is 0.0539. The summed E-state index contributed by atoms with van der Waals surface area (Å²) in [6.07, 6.45) is 0.576. The summed E-state index contributed by atoms with van der Waals surface area (Å²) in [6.45, 7) is 5.39. The Morgan fingerprint density at radius 2 is 1.52 bits per heavy atom. The minimum Gasteiger partial charge on any atom is -0.339 e. The first kappa shape index (κ1) is 24.9. The van der Waals surface area contributed by atoms with Crippen molar-refractivity contribution in [3.05, 3.63) is 66.0 Å². The Balaban J connectivity index is 1.76. The van der Waals surface area contributed by atoms with Gasteiger partial charge in [-0.3, -0.25) is 9.59 Å². The Hall–Kier alpha value is -2.78. The quantitative estimate of drug-likeness (QED) is 0.635. The number of halogens is 1. The number of nitrogens with one attached hydrogen (secondary N) is 1. The van der Waals surface area contributed by atoms with E-state index in [0.29, 0.717) is 32.6 Å². The van der Waals surface area contributed by atoms with E-state index >= 15 is 0 Å². The van der Waals surface area contributed by atoms with Gasteiger partial charge in [0.25, 0.3) is 0 Å². The van der Waals surface area contributed by atoms with Gasteiger partial charge in [-0.15, -0.1) is 0 Å². The fraction of sp³-hybridized carbons (Fsp3) is 0.417. The van der Waals surface area contributed by atoms with E-state index in [-0.39, 0.29) is 18.2 Å². The average molecular weight is 476 g/mol. The van der Waals surface area contributed by atoms with Gasteiger partial charge in [-0.05, 0) is 30.0 Å². The molecule has 1 aliphatic rings. The SMILES string of the molecule is CC(C)CC(=O)N1CCN(C(=O)C(Cc2ccccc2)NS(=O)(=O)c2ccccc2F)CC1. The lowest BCUT2D eigenvalue weighted by Gasteiger charge is -2.36. The van der Waals surface area contributed by atoms with Crippen LogP contribution in [0.5, 0.6) is 0 Å². The summed E-state index contributed by atoms with van der Waals surface area (Å²) in [7, 11) is -4.27. The van der Waals surface area contributed by atoms with Gasteiger partial charge in [0.1, 0.15) is 16.8 Å². The highest BCUT2D eigenvalue weighted by Gasteiger charge is 2.33. The summed E-state index contributed by atoms with van der Waals surface area (Å²) in [4.78, 5) is 28.5. The highest BCUT2D eigenvalue weighted by Crippen LogP contribution is 2.17. The lowest BCUT2D eigenvalue weighted by atomic mass is 10.1. The maximum absolute atomic E-state index is 14.2. The van der Waals surface area contributed by atoms with Crippen LogP contribution >= 0.6 is 0 Å². The maximum Gasteiger partial charge on any atom is 0.244 e. The molecule has 178 valence electrons. The second kappa shape index (κ2) is 10.9. The number of amides is 2. The molecule has 33 heavy (non-hydrogen) atoms. The lowest BCUT2D eigenvalue weighted by Crippen LogP contribution is -2.56. The van der Waals surface area contributed by atoms with Crippen LogP contribution in [0.3, 0.4) is 0 Å². The van der Waals surface area contributed by atoms with Gasteiger partial charge >= 0.3 is 0 Å². The zero-order chi connectivity index (χ0) is 24.0. The molecular weight excluding hydrogens is 445 g/mol. The zero-order valence-corrected chi connectivity index (χ0v) is 19.7. The molecular formula is C24H30FN3O4S. The summed E-state index contributed by atoms with van der Waals surface area (Å²) < 4.78 is 42.4. The maximum atomic E-state index is 14.2. The average Bonchev–Trinajstić information content (AvgIpc) is 2.78. The molecule has 1 atom stereocenters. The van der Waals surface area contributed by atoms with Crippen LogP contribution in [-0.2, 0) is 26.0 Å². The number of benzene rings is 2. The zero-order valence-electron chi connectivity index (χ0n) is 18.9. The smallest absolute Gasteiger partial charge is 0.244 e. The highest BCUT2D eigenvalue weighted by atomic mass is 32.2. The third-order valence-electron chi connectivity index (χ3n) is 5.53. The van der Waals surface area contributed by atoms with Gasteiger partial charge in [-0.2, -0.15) is 4.72 Å². The van der Waals surface area contributed by atoms with E-state index in [1.807, 2.05) is 19.9 Å². The molecule has 1 unspecified atom stereocenters. The van der Waals surface area contributed by atoms with Crippen molar-refractivity contribution in [2.75, 3.05) is 26.2 Å². The molecule has 1 fully saturated rings. The lowest BCUT2D eigenvalue weighted by molar-refractivity contribution is -0.140. The first-order valence-corrected chi connectivity index (χ1v) is 12.5. The summed E-state index contributed by atoms with van der Waals surface area (Å²) in [6, 6.07) is 13.0. The molecule has 0 aromatic heterocycles. The van der Waals surface area contributed by atoms with Crippen LogP contribution in [0.2, 0.25) is 0 Å². The van der Waals surface area contributed by atoms with Crippen LogP contribution < -0.4 is 4.72 Å². The fourth-order valence-electron chi connectivity index (χ4n) is 3.82. The van der Waals surface area contributed by atoms with Crippen molar-refractivity contribution in [3.63, 3.8) is 0 Å². The van der Waals surface area contributed by atoms with E-state index in [9.17, 15) is 22.4 Å². The van der Waals surface area contributed by atoms with Crippen molar-refractivity contribution < 1.29 is 22.4 Å². The summed E-state index contributed by atoms with van der Waals surface area (Å²) in [5.74, 6) is -0.971. The van der Waals surface area contributed by atoms with Crippen molar-refractivity contribution in [2.24, 2.45) is 5.92 Å². The Labute approximate surface area is 194 Å². The number of nitrogens with zero attached hydrogens (tertiary/aromatic N) is 2. The molecule has 0 radical (unpaired) electrons. The topological polar surface area (TPSA) is 86.8 Å². The van der Waals surface area contributed by atoms with E-state index < -0.39 is 32.7 Å². The molecule has 1 aliphatic heterocycles. The van der Waals surface area contributed by atoms with Gasteiger partial charge in [-0.1, -0.05) is 56.3 Å². The third-order valence-corrected chi connectivity index (χ3v) is 7.04. The second-order valence-electron chi connectivity index (χ2n) is 8.60. The molecule has 0 spiro atoms. The van der Waals surface area contributed by atoms with Crippen LogP contribution in [0.25, 0.3) is 0 Å². The van der Waals surface area contributed by atoms with Crippen molar-refractivity contribution >= 4 is 21.8 Å². The second-order valence-corrected chi connectivity index (χ2v) is 10.3. The third kappa shape index (κ3) is 6.61. The molecule has 2 aromatic carbocycles. The molecule has 2 amide bonds. The summed E-state index contributed by atoms with van der Waals surface area (Å²) in [5, 5.41) is 0. The molecule has 1 N–H and O–H groups in total. The van der Waals surface area contributed by atoms with Crippen LogP contribution in [0, 0.1) is 11.7 Å². The predicted molar refractivity (Wildman–Crippen MR) is 123 cm³/mol. The molecule has 0 bridgehead atoms. The molecule has 3 rings (SSSR count). The standard InChI is InChI=1S/C24H30FN3O4S/c1-18(2)16-23(29)27-12-14-28(15-13-27)24(30)21(17-19-8-4-3-5-9-19)26-33(31,32)22-11-7-6-10-20(22)25/h3-11,18,21,26H,12-17H2,1-2H3. The van der Waals surface area contributed by atoms with Gasteiger partial charge in [0.05, 0.1) is 0 Å². The van der Waals surface area contributed by atoms with Crippen molar-refractivity contribution in [1.29, 1.82) is 0 Å². The highest BCUT2D eigenvalue weighted by molar-refractivity contribution is 7.89. The molecule has 2 aromatic rings. The van der Waals surface area contributed by atoms with Crippen LogP contribution in [0.4, 0.5) is 4.39 Å². The van der Waals surface area contributed by atoms with Crippen LogP contribution in [0.15, 0.2) is 59.5 Å². The van der Waals surface area contributed by atoms with E-state index in [0.717, 1.165) is 11.6 Å². The Morgan fingerprint density at radius 3 is 2.12 bits per heavy atom. The van der Waals surface area contributed by atoms with Gasteiger partial charge in [0, 0.05) is 32.6 Å². The van der Waals surface area contributed by atoms with Crippen molar-refractivity contribution in [2.45, 2.75) is 37.6 Å². The number of carbonyl (C=O) groups excluding carboxylic acids is 2. The number of rotatable bonds is 8. The molecule has 9 heteroatoms. The molecule has 1 saturated heterocycles. The van der Waals surface area contributed by atoms with E-state index in [1.54, 1.807) is 34.1 Å².